The number of rotatable bonds is 5. The number of likely N-dealkylation sites (tertiary alicyclic amines) is 1. The van der Waals surface area contributed by atoms with Gasteiger partial charge in [-0.3, -0.25) is 14.5 Å². The van der Waals surface area contributed by atoms with Crippen LogP contribution in [0.4, 0.5) is 8.78 Å². The van der Waals surface area contributed by atoms with Crippen LogP contribution in [0.25, 0.3) is 11.4 Å². The Labute approximate surface area is 206 Å². The molecule has 0 amide bonds. The molecule has 2 aromatic heterocycles. The van der Waals surface area contributed by atoms with Crippen molar-refractivity contribution in [3.05, 3.63) is 59.7 Å². The number of carboxylic acid groups (broad SMARTS) is 1. The fourth-order valence-electron chi connectivity index (χ4n) is 4.81. The molecule has 2 aliphatic rings. The molecule has 1 saturated heterocycles. The third-order valence-corrected chi connectivity index (χ3v) is 6.77. The maximum atomic E-state index is 15.6. The number of alkyl halides is 1. The van der Waals surface area contributed by atoms with Gasteiger partial charge < -0.3 is 14.5 Å². The monoisotopic (exact) mass is 496 g/mol. The number of hydrogen-bond donors (Lipinski definition) is 1. The van der Waals surface area contributed by atoms with Crippen LogP contribution in [-0.4, -0.2) is 67.4 Å². The molecule has 2 aliphatic heterocycles. The highest BCUT2D eigenvalue weighted by Crippen LogP contribution is 2.31. The van der Waals surface area contributed by atoms with E-state index in [2.05, 4.69) is 20.2 Å². The molecule has 1 aromatic carbocycles. The number of halogens is 2. The van der Waals surface area contributed by atoms with Crippen LogP contribution < -0.4 is 0 Å². The van der Waals surface area contributed by atoms with Crippen molar-refractivity contribution in [1.82, 2.24) is 19.8 Å². The topological polar surface area (TPSA) is 109 Å². The van der Waals surface area contributed by atoms with E-state index in [0.29, 0.717) is 42.0 Å². The Morgan fingerprint density at radius 2 is 2.08 bits per heavy atom. The van der Waals surface area contributed by atoms with Crippen molar-refractivity contribution < 1.29 is 23.2 Å². The summed E-state index contributed by atoms with van der Waals surface area (Å²) >= 11 is 0. The number of benzene rings is 1. The predicted octanol–water partition coefficient (Wildman–Crippen LogP) is 3.80. The second kappa shape index (κ2) is 9.29. The van der Waals surface area contributed by atoms with Gasteiger partial charge in [0.05, 0.1) is 24.7 Å². The van der Waals surface area contributed by atoms with E-state index >= 15 is 4.39 Å². The lowest BCUT2D eigenvalue weighted by molar-refractivity contribution is -0.144. The molecule has 0 aliphatic carbocycles. The lowest BCUT2D eigenvalue weighted by Gasteiger charge is -2.43. The number of nitrogens with zero attached hydrogens (tertiary/aromatic N) is 6. The largest absolute Gasteiger partial charge is 0.481 e. The summed E-state index contributed by atoms with van der Waals surface area (Å²) in [7, 11) is 0. The van der Waals surface area contributed by atoms with E-state index in [1.54, 1.807) is 46.8 Å². The minimum absolute atomic E-state index is 0.128. The summed E-state index contributed by atoms with van der Waals surface area (Å²) in [5.41, 5.74) is 0.00646. The smallest absolute Gasteiger partial charge is 0.308 e. The highest BCUT2D eigenvalue weighted by atomic mass is 19.1. The van der Waals surface area contributed by atoms with Crippen LogP contribution >= 0.6 is 0 Å². The van der Waals surface area contributed by atoms with Gasteiger partial charge in [-0.2, -0.15) is 5.10 Å². The number of carboxylic acids is 1. The maximum absolute atomic E-state index is 15.6. The first-order chi connectivity index (χ1) is 17.2. The van der Waals surface area contributed by atoms with Gasteiger partial charge in [0, 0.05) is 24.2 Å². The van der Waals surface area contributed by atoms with Crippen LogP contribution in [-0.2, 0) is 11.3 Å². The Kier molecular flexibility index (Phi) is 6.15. The van der Waals surface area contributed by atoms with Crippen molar-refractivity contribution in [2.24, 2.45) is 15.9 Å². The molecule has 1 unspecified atom stereocenters. The minimum Gasteiger partial charge on any atom is -0.481 e. The molecule has 188 valence electrons. The number of hydrogen-bond acceptors (Lipinski definition) is 7. The molecule has 1 fully saturated rings. The number of amidine groups is 2. The molecule has 0 spiro atoms. The van der Waals surface area contributed by atoms with Crippen molar-refractivity contribution in [2.75, 3.05) is 13.1 Å². The van der Waals surface area contributed by atoms with E-state index in [0.717, 1.165) is 0 Å². The first-order valence-electron chi connectivity index (χ1n) is 11.8. The Morgan fingerprint density at radius 3 is 2.81 bits per heavy atom. The molecule has 36 heavy (non-hydrogen) atoms. The van der Waals surface area contributed by atoms with Crippen LogP contribution in [0.1, 0.15) is 37.9 Å². The van der Waals surface area contributed by atoms with Crippen molar-refractivity contribution in [2.45, 2.75) is 44.9 Å². The minimum atomic E-state index is -1.86. The van der Waals surface area contributed by atoms with E-state index in [1.807, 2.05) is 0 Å². The van der Waals surface area contributed by atoms with Crippen molar-refractivity contribution in [1.29, 1.82) is 0 Å². The van der Waals surface area contributed by atoms with Gasteiger partial charge in [-0.25, -0.2) is 13.8 Å². The standard InChI is InChI=1S/C25H26F2N6O3/c1-15-17(23(34)35)7-5-10-32(15)24-25(2,27)14-28-22(29-24)20-12-21(19-9-11-36-31-19)33(30-20)13-16-6-3-4-8-18(16)26/h3-4,6,8-9,11-12,15,17H,5,7,10,13-14H2,1-2H3,(H,34,35)/t15-,17-,25?/m0/s1. The quantitative estimate of drug-likeness (QED) is 0.576. The fraction of sp³-hybridized carbons (Fsp3) is 0.400. The first kappa shape index (κ1) is 23.8. The second-order valence-corrected chi connectivity index (χ2v) is 9.34. The summed E-state index contributed by atoms with van der Waals surface area (Å²) in [5, 5.41) is 18.2. The van der Waals surface area contributed by atoms with Gasteiger partial charge in [0.2, 0.25) is 0 Å². The third kappa shape index (κ3) is 4.40. The average molecular weight is 497 g/mol. The van der Waals surface area contributed by atoms with Crippen LogP contribution in [0.15, 0.2) is 57.2 Å². The lowest BCUT2D eigenvalue weighted by Crippen LogP contribution is -2.56. The molecule has 0 radical (unpaired) electrons. The summed E-state index contributed by atoms with van der Waals surface area (Å²) < 4.78 is 36.6. The van der Waals surface area contributed by atoms with Crippen molar-refractivity contribution in [3.8, 4) is 11.4 Å². The molecule has 3 atom stereocenters. The van der Waals surface area contributed by atoms with Crippen molar-refractivity contribution >= 4 is 17.6 Å². The number of carbonyl (C=O) groups is 1. The van der Waals surface area contributed by atoms with Gasteiger partial charge in [0.15, 0.2) is 11.5 Å². The maximum Gasteiger partial charge on any atom is 0.308 e. The molecule has 11 heteroatoms. The lowest BCUT2D eigenvalue weighted by atomic mass is 9.88. The summed E-state index contributed by atoms with van der Waals surface area (Å²) in [6.07, 6.45) is 2.58. The first-order valence-corrected chi connectivity index (χ1v) is 11.8. The van der Waals surface area contributed by atoms with E-state index in [9.17, 15) is 14.3 Å². The molecule has 1 N–H and O–H groups in total. The summed E-state index contributed by atoms with van der Waals surface area (Å²) in [6.45, 7) is 3.64. The van der Waals surface area contributed by atoms with E-state index in [1.165, 1.54) is 19.3 Å². The zero-order chi connectivity index (χ0) is 25.4. The molecule has 0 saturated carbocycles. The second-order valence-electron chi connectivity index (χ2n) is 9.34. The summed E-state index contributed by atoms with van der Waals surface area (Å²) in [5.74, 6) is -1.50. The molecule has 9 nitrogen and oxygen atoms in total. The number of piperidine rings is 1. The van der Waals surface area contributed by atoms with Gasteiger partial charge in [0.1, 0.15) is 29.3 Å². The number of aromatic nitrogens is 3. The van der Waals surface area contributed by atoms with E-state index < -0.39 is 23.6 Å². The van der Waals surface area contributed by atoms with Gasteiger partial charge >= 0.3 is 5.97 Å². The zero-order valence-corrected chi connectivity index (χ0v) is 19.9. The van der Waals surface area contributed by atoms with Crippen molar-refractivity contribution in [3.63, 3.8) is 0 Å². The SMILES string of the molecule is C[C@H]1[C@@H](C(=O)O)CCCN1C1=NC(c2cc(-c3ccon3)n(Cc3ccccc3F)n2)=NCC1(C)F. The zero-order valence-electron chi connectivity index (χ0n) is 19.9. The molecule has 0 bridgehead atoms. The number of aliphatic carboxylic acids is 1. The Morgan fingerprint density at radius 1 is 1.28 bits per heavy atom. The van der Waals surface area contributed by atoms with Crippen LogP contribution in [0.2, 0.25) is 0 Å². The van der Waals surface area contributed by atoms with Crippen LogP contribution in [0.3, 0.4) is 0 Å². The van der Waals surface area contributed by atoms with Crippen LogP contribution in [0, 0.1) is 11.7 Å². The highest BCUT2D eigenvalue weighted by molar-refractivity contribution is 6.09. The van der Waals surface area contributed by atoms with E-state index in [-0.39, 0.29) is 30.6 Å². The van der Waals surface area contributed by atoms with Gasteiger partial charge in [-0.05, 0) is 38.8 Å². The Bertz CT molecular complexity index is 1330. The average Bonchev–Trinajstić information content (AvgIpc) is 3.51. The van der Waals surface area contributed by atoms with E-state index in [4.69, 9.17) is 4.52 Å². The fourth-order valence-corrected chi connectivity index (χ4v) is 4.81. The van der Waals surface area contributed by atoms with Gasteiger partial charge in [-0.1, -0.05) is 23.4 Å². The molecular weight excluding hydrogens is 470 g/mol. The number of aliphatic imine (C=N–C) groups is 2. The van der Waals surface area contributed by atoms with Gasteiger partial charge in [0.25, 0.3) is 0 Å². The summed E-state index contributed by atoms with van der Waals surface area (Å²) in [6, 6.07) is 9.35. The highest BCUT2D eigenvalue weighted by Gasteiger charge is 2.43. The van der Waals surface area contributed by atoms with Gasteiger partial charge in [-0.15, -0.1) is 0 Å². The normalized spacial score (nSPS) is 24.4. The molecular formula is C25H26F2N6O3. The molecule has 3 aromatic rings. The Hall–Kier alpha value is -3.89. The third-order valence-electron chi connectivity index (χ3n) is 6.77. The molecule has 5 rings (SSSR count). The Balaban J connectivity index is 1.53. The van der Waals surface area contributed by atoms with Crippen LogP contribution in [0.5, 0.6) is 0 Å². The summed E-state index contributed by atoms with van der Waals surface area (Å²) in [4.78, 5) is 22.4. The predicted molar refractivity (Wildman–Crippen MR) is 128 cm³/mol. The molecule has 4 heterocycles.